The zero-order valence-electron chi connectivity index (χ0n) is 26.5. The van der Waals surface area contributed by atoms with Crippen molar-refractivity contribution in [3.05, 3.63) is 131 Å². The molecular weight excluding hydrogens is 582 g/mol. The third kappa shape index (κ3) is 8.60. The van der Waals surface area contributed by atoms with Crippen LogP contribution in [0.5, 0.6) is 0 Å². The van der Waals surface area contributed by atoms with Crippen molar-refractivity contribution in [3.63, 3.8) is 0 Å². The van der Waals surface area contributed by atoms with Crippen molar-refractivity contribution in [3.8, 4) is 0 Å². The first-order chi connectivity index (χ1) is 21.6. The summed E-state index contributed by atoms with van der Waals surface area (Å²) in [6.07, 6.45) is 1.58. The van der Waals surface area contributed by atoms with Crippen molar-refractivity contribution in [2.45, 2.75) is 70.5 Å². The number of benzene rings is 4. The van der Waals surface area contributed by atoms with Crippen LogP contribution in [0.3, 0.4) is 0 Å². The summed E-state index contributed by atoms with van der Waals surface area (Å²) in [5.74, 6) is -0.750. The Bertz CT molecular complexity index is 1660. The predicted molar refractivity (Wildman–Crippen MR) is 180 cm³/mol. The van der Waals surface area contributed by atoms with Gasteiger partial charge < -0.3 is 10.2 Å². The SMILES string of the molecule is CCc1ccccc1N(CC(=O)N(Cc1ccccc1)[C@H](Cc1ccccc1)C(=O)N[C@H](C)CC)S(=O)(=O)c1ccc(C)cc1. The largest absolute Gasteiger partial charge is 0.352 e. The second kappa shape index (κ2) is 15.5. The smallest absolute Gasteiger partial charge is 0.264 e. The number of aryl methyl sites for hydroxylation is 2. The van der Waals surface area contributed by atoms with Gasteiger partial charge >= 0.3 is 0 Å². The van der Waals surface area contributed by atoms with E-state index in [9.17, 15) is 18.0 Å². The van der Waals surface area contributed by atoms with Crippen LogP contribution in [0.1, 0.15) is 49.4 Å². The number of carbonyl (C=O) groups is 2. The molecule has 45 heavy (non-hydrogen) atoms. The van der Waals surface area contributed by atoms with Crippen molar-refractivity contribution in [1.29, 1.82) is 0 Å². The van der Waals surface area contributed by atoms with Gasteiger partial charge in [-0.05, 0) is 61.6 Å². The molecule has 4 aromatic rings. The molecule has 0 aliphatic rings. The molecule has 0 saturated carbocycles. The van der Waals surface area contributed by atoms with Crippen LogP contribution < -0.4 is 9.62 Å². The molecule has 0 aliphatic heterocycles. The lowest BCUT2D eigenvalue weighted by Crippen LogP contribution is -2.54. The Morgan fingerprint density at radius 1 is 0.778 bits per heavy atom. The number of carbonyl (C=O) groups excluding carboxylic acids is 2. The quantitative estimate of drug-likeness (QED) is 0.178. The van der Waals surface area contributed by atoms with Gasteiger partial charge in [-0.2, -0.15) is 0 Å². The second-order valence-corrected chi connectivity index (χ2v) is 13.2. The lowest BCUT2D eigenvalue weighted by molar-refractivity contribution is -0.140. The predicted octanol–water partition coefficient (Wildman–Crippen LogP) is 6.31. The average molecular weight is 626 g/mol. The van der Waals surface area contributed by atoms with Crippen LogP contribution in [0.15, 0.2) is 114 Å². The van der Waals surface area contributed by atoms with Crippen molar-refractivity contribution in [1.82, 2.24) is 10.2 Å². The maximum absolute atomic E-state index is 14.6. The minimum atomic E-state index is -4.15. The molecule has 0 fully saturated rings. The molecule has 8 heteroatoms. The highest BCUT2D eigenvalue weighted by Crippen LogP contribution is 2.28. The van der Waals surface area contributed by atoms with Gasteiger partial charge in [-0.25, -0.2) is 8.42 Å². The number of hydrogen-bond acceptors (Lipinski definition) is 4. The van der Waals surface area contributed by atoms with Crippen molar-refractivity contribution < 1.29 is 18.0 Å². The number of anilines is 1. The normalized spacial score (nSPS) is 12.6. The maximum Gasteiger partial charge on any atom is 0.264 e. The van der Waals surface area contributed by atoms with E-state index in [1.807, 2.05) is 100 Å². The van der Waals surface area contributed by atoms with Crippen LogP contribution in [-0.2, 0) is 39.0 Å². The molecule has 1 N–H and O–H groups in total. The fraction of sp³-hybridized carbons (Fsp3) is 0.297. The summed E-state index contributed by atoms with van der Waals surface area (Å²) < 4.78 is 29.8. The molecule has 7 nitrogen and oxygen atoms in total. The first-order valence-electron chi connectivity index (χ1n) is 15.5. The molecule has 236 valence electrons. The van der Waals surface area contributed by atoms with Gasteiger partial charge in [0.25, 0.3) is 10.0 Å². The molecule has 0 aliphatic carbocycles. The van der Waals surface area contributed by atoms with Gasteiger partial charge in [-0.15, -0.1) is 0 Å². The van der Waals surface area contributed by atoms with E-state index in [0.29, 0.717) is 12.1 Å². The molecule has 4 rings (SSSR count). The number of para-hydroxylation sites is 1. The first-order valence-corrected chi connectivity index (χ1v) is 16.9. The van der Waals surface area contributed by atoms with Crippen LogP contribution in [0.25, 0.3) is 0 Å². The van der Waals surface area contributed by atoms with Gasteiger partial charge in [-0.3, -0.25) is 13.9 Å². The Morgan fingerprint density at radius 2 is 1.36 bits per heavy atom. The highest BCUT2D eigenvalue weighted by atomic mass is 32.2. The first kappa shape index (κ1) is 33.5. The van der Waals surface area contributed by atoms with Crippen LogP contribution in [0, 0.1) is 6.92 Å². The Labute approximate surface area is 268 Å². The lowest BCUT2D eigenvalue weighted by atomic mass is 10.0. The number of sulfonamides is 1. The van der Waals surface area contributed by atoms with E-state index in [1.54, 1.807) is 36.4 Å². The number of nitrogens with one attached hydrogen (secondary N) is 1. The molecule has 0 saturated heterocycles. The molecule has 0 radical (unpaired) electrons. The number of hydrogen-bond donors (Lipinski definition) is 1. The number of rotatable bonds is 14. The third-order valence-corrected chi connectivity index (χ3v) is 9.77. The summed E-state index contributed by atoms with van der Waals surface area (Å²) >= 11 is 0. The Kier molecular flexibility index (Phi) is 11.5. The summed E-state index contributed by atoms with van der Waals surface area (Å²) in [6, 6.07) is 31.9. The zero-order valence-corrected chi connectivity index (χ0v) is 27.3. The van der Waals surface area contributed by atoms with E-state index in [2.05, 4.69) is 5.32 Å². The van der Waals surface area contributed by atoms with Crippen LogP contribution in [0.2, 0.25) is 0 Å². The maximum atomic E-state index is 14.6. The molecule has 0 spiro atoms. The molecular formula is C37H43N3O4S. The van der Waals surface area contributed by atoms with Gasteiger partial charge in [0, 0.05) is 19.0 Å². The molecule has 0 unspecified atom stereocenters. The van der Waals surface area contributed by atoms with Crippen LogP contribution >= 0.6 is 0 Å². The summed E-state index contributed by atoms with van der Waals surface area (Å²) in [5.41, 5.74) is 3.90. The molecule has 2 amide bonds. The minimum absolute atomic E-state index is 0.0942. The topological polar surface area (TPSA) is 86.8 Å². The van der Waals surface area contributed by atoms with Crippen molar-refractivity contribution >= 4 is 27.5 Å². The monoisotopic (exact) mass is 625 g/mol. The van der Waals surface area contributed by atoms with Gasteiger partial charge in [0.05, 0.1) is 10.6 Å². The molecule has 0 heterocycles. The van der Waals surface area contributed by atoms with E-state index < -0.39 is 28.5 Å². The average Bonchev–Trinajstić information content (AvgIpc) is 3.06. The fourth-order valence-corrected chi connectivity index (χ4v) is 6.63. The molecule has 0 bridgehead atoms. The van der Waals surface area contributed by atoms with Gasteiger partial charge in [0.1, 0.15) is 12.6 Å². The molecule has 4 aromatic carbocycles. The van der Waals surface area contributed by atoms with Crippen LogP contribution in [0.4, 0.5) is 5.69 Å². The summed E-state index contributed by atoms with van der Waals surface area (Å²) in [6.45, 7) is 7.43. The summed E-state index contributed by atoms with van der Waals surface area (Å²) in [7, 11) is -4.15. The van der Waals surface area contributed by atoms with Crippen LogP contribution in [-0.4, -0.2) is 43.8 Å². The highest BCUT2D eigenvalue weighted by molar-refractivity contribution is 7.92. The van der Waals surface area contributed by atoms with E-state index in [4.69, 9.17) is 0 Å². The Morgan fingerprint density at radius 3 is 1.96 bits per heavy atom. The third-order valence-electron chi connectivity index (χ3n) is 8.00. The van der Waals surface area contributed by atoms with Crippen molar-refractivity contribution in [2.75, 3.05) is 10.8 Å². The lowest BCUT2D eigenvalue weighted by Gasteiger charge is -2.34. The second-order valence-electron chi connectivity index (χ2n) is 11.3. The van der Waals surface area contributed by atoms with Crippen molar-refractivity contribution in [2.24, 2.45) is 0 Å². The van der Waals surface area contributed by atoms with E-state index in [-0.39, 0.29) is 29.8 Å². The van der Waals surface area contributed by atoms with Gasteiger partial charge in [0.2, 0.25) is 11.8 Å². The van der Waals surface area contributed by atoms with E-state index in [1.165, 1.54) is 9.21 Å². The highest BCUT2D eigenvalue weighted by Gasteiger charge is 2.35. The fourth-order valence-electron chi connectivity index (χ4n) is 5.18. The Hall–Kier alpha value is -4.43. The van der Waals surface area contributed by atoms with Gasteiger partial charge in [-0.1, -0.05) is 110 Å². The summed E-state index contributed by atoms with van der Waals surface area (Å²) in [4.78, 5) is 30.1. The zero-order chi connectivity index (χ0) is 32.4. The number of nitrogens with zero attached hydrogens (tertiary/aromatic N) is 2. The number of amides is 2. The molecule has 2 atom stereocenters. The Balaban J connectivity index is 1.82. The standard InChI is InChI=1S/C37H43N3O4S/c1-5-29(4)38-37(42)35(25-30-15-9-7-10-16-30)39(26-31-17-11-8-12-18-31)36(41)27-40(34-20-14-13-19-32(34)6-2)45(43,44)33-23-21-28(3)22-24-33/h7-24,29,35H,5-6,25-27H2,1-4H3,(H,38,42)/t29-,35-/m1/s1. The van der Waals surface area contributed by atoms with Gasteiger partial charge in [0.15, 0.2) is 0 Å². The summed E-state index contributed by atoms with van der Waals surface area (Å²) in [5, 5.41) is 3.07. The molecule has 0 aromatic heterocycles. The van der Waals surface area contributed by atoms with E-state index in [0.717, 1.165) is 28.7 Å². The minimum Gasteiger partial charge on any atom is -0.352 e. The van der Waals surface area contributed by atoms with E-state index >= 15 is 0 Å².